The molecule has 0 saturated heterocycles. The highest BCUT2D eigenvalue weighted by Gasteiger charge is 2.11. The van der Waals surface area contributed by atoms with Gasteiger partial charge >= 0.3 is 5.97 Å². The molecular formula is C14H11ClN2O3. The summed E-state index contributed by atoms with van der Waals surface area (Å²) in [7, 11) is 0. The molecule has 20 heavy (non-hydrogen) atoms. The number of carbonyl (C=O) groups is 2. The van der Waals surface area contributed by atoms with Crippen LogP contribution in [0.25, 0.3) is 0 Å². The minimum absolute atomic E-state index is 0.0154. The van der Waals surface area contributed by atoms with Gasteiger partial charge < -0.3 is 10.4 Å². The normalized spacial score (nSPS) is 10.1. The number of hydrogen-bond donors (Lipinski definition) is 2. The van der Waals surface area contributed by atoms with Crippen molar-refractivity contribution in [2.45, 2.75) is 6.92 Å². The molecule has 102 valence electrons. The minimum atomic E-state index is -1.12. The number of carbonyl (C=O) groups excluding carboxylic acids is 1. The zero-order valence-corrected chi connectivity index (χ0v) is 11.3. The van der Waals surface area contributed by atoms with Gasteiger partial charge in [-0.05, 0) is 37.3 Å². The molecule has 0 aliphatic carbocycles. The van der Waals surface area contributed by atoms with Crippen LogP contribution in [0, 0.1) is 6.92 Å². The van der Waals surface area contributed by atoms with Crippen LogP contribution in [0.2, 0.25) is 5.02 Å². The van der Waals surface area contributed by atoms with Crippen LogP contribution in [-0.4, -0.2) is 22.0 Å². The summed E-state index contributed by atoms with van der Waals surface area (Å²) in [5.74, 6) is -1.50. The number of hydrogen-bond acceptors (Lipinski definition) is 3. The highest BCUT2D eigenvalue weighted by molar-refractivity contribution is 6.33. The third kappa shape index (κ3) is 3.13. The molecule has 0 bridgehead atoms. The monoisotopic (exact) mass is 290 g/mol. The van der Waals surface area contributed by atoms with Crippen molar-refractivity contribution in [2.24, 2.45) is 0 Å². The van der Waals surface area contributed by atoms with Crippen LogP contribution in [0.5, 0.6) is 0 Å². The van der Waals surface area contributed by atoms with E-state index < -0.39 is 5.97 Å². The summed E-state index contributed by atoms with van der Waals surface area (Å²) < 4.78 is 0. The van der Waals surface area contributed by atoms with Crippen molar-refractivity contribution in [1.82, 2.24) is 4.98 Å². The molecule has 5 nitrogen and oxygen atoms in total. The SMILES string of the molecule is Cc1cccc(C(=O)Nc2ccc(C(=O)O)c(Cl)c2)n1. The number of aromatic nitrogens is 1. The van der Waals surface area contributed by atoms with Gasteiger partial charge in [-0.15, -0.1) is 0 Å². The van der Waals surface area contributed by atoms with E-state index in [9.17, 15) is 9.59 Å². The van der Waals surface area contributed by atoms with Gasteiger partial charge in [-0.3, -0.25) is 4.79 Å². The molecule has 0 unspecified atom stereocenters. The Morgan fingerprint density at radius 1 is 1.25 bits per heavy atom. The molecule has 0 fully saturated rings. The predicted molar refractivity (Wildman–Crippen MR) is 75.3 cm³/mol. The maximum Gasteiger partial charge on any atom is 0.337 e. The molecule has 0 radical (unpaired) electrons. The summed E-state index contributed by atoms with van der Waals surface area (Å²) in [4.78, 5) is 26.9. The Morgan fingerprint density at radius 2 is 2.00 bits per heavy atom. The van der Waals surface area contributed by atoms with Gasteiger partial charge in [0.1, 0.15) is 5.69 Å². The molecule has 0 aliphatic heterocycles. The molecule has 6 heteroatoms. The number of benzene rings is 1. The fraction of sp³-hybridized carbons (Fsp3) is 0.0714. The molecule has 1 aromatic carbocycles. The standard InChI is InChI=1S/C14H11ClN2O3/c1-8-3-2-4-12(16-8)13(18)17-9-5-6-10(14(19)20)11(15)7-9/h2-7H,1H3,(H,17,18)(H,19,20). The van der Waals surface area contributed by atoms with Crippen LogP contribution in [0.1, 0.15) is 26.5 Å². The molecule has 0 atom stereocenters. The second-order valence-corrected chi connectivity index (χ2v) is 4.53. The quantitative estimate of drug-likeness (QED) is 0.911. The summed E-state index contributed by atoms with van der Waals surface area (Å²) >= 11 is 5.83. The lowest BCUT2D eigenvalue weighted by atomic mass is 10.2. The molecule has 2 N–H and O–H groups in total. The van der Waals surface area contributed by atoms with Gasteiger partial charge in [0, 0.05) is 11.4 Å². The van der Waals surface area contributed by atoms with Gasteiger partial charge in [-0.2, -0.15) is 0 Å². The molecular weight excluding hydrogens is 280 g/mol. The summed E-state index contributed by atoms with van der Waals surface area (Å²) in [5.41, 5.74) is 1.41. The Morgan fingerprint density at radius 3 is 2.60 bits per heavy atom. The van der Waals surface area contributed by atoms with E-state index in [4.69, 9.17) is 16.7 Å². The topological polar surface area (TPSA) is 79.3 Å². The average molecular weight is 291 g/mol. The molecule has 0 saturated carbocycles. The number of nitrogens with one attached hydrogen (secondary N) is 1. The fourth-order valence-electron chi connectivity index (χ4n) is 1.63. The first kappa shape index (κ1) is 14.0. The second-order valence-electron chi connectivity index (χ2n) is 4.12. The Kier molecular flexibility index (Phi) is 4.00. The number of rotatable bonds is 3. The number of carboxylic acids is 1. The summed E-state index contributed by atoms with van der Waals surface area (Å²) in [6.45, 7) is 1.79. The van der Waals surface area contributed by atoms with Crippen molar-refractivity contribution in [3.8, 4) is 0 Å². The van der Waals surface area contributed by atoms with Gasteiger partial charge in [-0.25, -0.2) is 9.78 Å². The maximum absolute atomic E-state index is 12.0. The van der Waals surface area contributed by atoms with Crippen molar-refractivity contribution < 1.29 is 14.7 Å². The van der Waals surface area contributed by atoms with E-state index >= 15 is 0 Å². The van der Waals surface area contributed by atoms with Crippen LogP contribution in [0.3, 0.4) is 0 Å². The van der Waals surface area contributed by atoms with E-state index in [0.717, 1.165) is 5.69 Å². The third-order valence-electron chi connectivity index (χ3n) is 2.58. The zero-order valence-electron chi connectivity index (χ0n) is 10.6. The van der Waals surface area contributed by atoms with Crippen LogP contribution in [-0.2, 0) is 0 Å². The second kappa shape index (κ2) is 5.71. The first-order valence-electron chi connectivity index (χ1n) is 5.75. The predicted octanol–water partition coefficient (Wildman–Crippen LogP) is 2.99. The number of nitrogens with zero attached hydrogens (tertiary/aromatic N) is 1. The number of carboxylic acid groups (broad SMARTS) is 1. The summed E-state index contributed by atoms with van der Waals surface area (Å²) in [6, 6.07) is 9.31. The Bertz CT molecular complexity index is 686. The number of halogens is 1. The Labute approximate surface area is 120 Å². The lowest BCUT2D eigenvalue weighted by Crippen LogP contribution is -2.14. The first-order chi connectivity index (χ1) is 9.47. The molecule has 0 spiro atoms. The van der Waals surface area contributed by atoms with Crippen LogP contribution in [0.15, 0.2) is 36.4 Å². The molecule has 2 rings (SSSR count). The summed E-state index contributed by atoms with van der Waals surface area (Å²) in [5, 5.41) is 11.5. The van der Waals surface area contributed by atoms with Gasteiger partial charge in [0.15, 0.2) is 0 Å². The van der Waals surface area contributed by atoms with Crippen molar-refractivity contribution >= 4 is 29.2 Å². The van der Waals surface area contributed by atoms with Crippen LogP contribution < -0.4 is 5.32 Å². The van der Waals surface area contributed by atoms with Crippen molar-refractivity contribution in [3.05, 3.63) is 58.4 Å². The largest absolute Gasteiger partial charge is 0.478 e. The molecule has 1 heterocycles. The molecule has 2 aromatic rings. The molecule has 1 aromatic heterocycles. The lowest BCUT2D eigenvalue weighted by molar-refractivity contribution is 0.0697. The van der Waals surface area contributed by atoms with Gasteiger partial charge in [0.25, 0.3) is 5.91 Å². The smallest absolute Gasteiger partial charge is 0.337 e. The van der Waals surface area contributed by atoms with E-state index in [2.05, 4.69) is 10.3 Å². The van der Waals surface area contributed by atoms with Crippen molar-refractivity contribution in [1.29, 1.82) is 0 Å². The number of aromatic carboxylic acids is 1. The Hall–Kier alpha value is -2.40. The number of pyridine rings is 1. The van der Waals surface area contributed by atoms with E-state index in [1.54, 1.807) is 25.1 Å². The average Bonchev–Trinajstić information content (AvgIpc) is 2.38. The van der Waals surface area contributed by atoms with E-state index in [1.807, 2.05) is 0 Å². The fourth-order valence-corrected chi connectivity index (χ4v) is 1.89. The number of amides is 1. The van der Waals surface area contributed by atoms with Crippen molar-refractivity contribution in [3.63, 3.8) is 0 Å². The van der Waals surface area contributed by atoms with Crippen molar-refractivity contribution in [2.75, 3.05) is 5.32 Å². The van der Waals surface area contributed by atoms with E-state index in [0.29, 0.717) is 5.69 Å². The minimum Gasteiger partial charge on any atom is -0.478 e. The highest BCUT2D eigenvalue weighted by atomic mass is 35.5. The van der Waals surface area contributed by atoms with Gasteiger partial charge in [0.05, 0.1) is 10.6 Å². The Balaban J connectivity index is 2.20. The van der Waals surface area contributed by atoms with Gasteiger partial charge in [0.2, 0.25) is 0 Å². The van der Waals surface area contributed by atoms with E-state index in [-0.39, 0.29) is 22.2 Å². The van der Waals surface area contributed by atoms with Crippen LogP contribution >= 0.6 is 11.6 Å². The first-order valence-corrected chi connectivity index (χ1v) is 6.13. The van der Waals surface area contributed by atoms with E-state index in [1.165, 1.54) is 18.2 Å². The highest BCUT2D eigenvalue weighted by Crippen LogP contribution is 2.21. The number of aryl methyl sites for hydroxylation is 1. The molecule has 1 amide bonds. The maximum atomic E-state index is 12.0. The summed E-state index contributed by atoms with van der Waals surface area (Å²) in [6.07, 6.45) is 0. The lowest BCUT2D eigenvalue weighted by Gasteiger charge is -2.07. The third-order valence-corrected chi connectivity index (χ3v) is 2.89. The van der Waals surface area contributed by atoms with Gasteiger partial charge in [-0.1, -0.05) is 17.7 Å². The zero-order chi connectivity index (χ0) is 14.7. The number of anilines is 1. The molecule has 0 aliphatic rings. The van der Waals surface area contributed by atoms with Crippen LogP contribution in [0.4, 0.5) is 5.69 Å².